The van der Waals surface area contributed by atoms with Gasteiger partial charge in [-0.1, -0.05) is 47.5 Å². The molecule has 27 heavy (non-hydrogen) atoms. The minimum atomic E-state index is -0.882. The summed E-state index contributed by atoms with van der Waals surface area (Å²) in [6.45, 7) is 3.88. The molecule has 136 valence electrons. The number of amides is 2. The van der Waals surface area contributed by atoms with Crippen LogP contribution in [0.4, 0.5) is 5.69 Å². The van der Waals surface area contributed by atoms with Crippen molar-refractivity contribution >= 4 is 46.2 Å². The molecular weight excluding hydrogens is 364 g/mol. The molecule has 2 N–H and O–H groups in total. The number of hydrazone groups is 1. The number of carbonyl (C=O) groups is 2. The number of carbonyl (C=O) groups excluding carboxylic acids is 2. The van der Waals surface area contributed by atoms with E-state index in [2.05, 4.69) is 20.8 Å². The Kier molecular flexibility index (Phi) is 5.47. The molecule has 0 unspecified atom stereocenters. The third-order valence-electron chi connectivity index (χ3n) is 3.91. The summed E-state index contributed by atoms with van der Waals surface area (Å²) < 4.78 is 0. The van der Waals surface area contributed by atoms with Crippen LogP contribution in [-0.2, 0) is 9.59 Å². The first-order chi connectivity index (χ1) is 12.9. The van der Waals surface area contributed by atoms with Crippen LogP contribution in [0.1, 0.15) is 16.7 Å². The van der Waals surface area contributed by atoms with Crippen molar-refractivity contribution in [3.05, 3.63) is 70.4 Å². The lowest BCUT2D eigenvalue weighted by Gasteiger charge is -2.05. The number of fused-ring (bicyclic) bond motifs is 1. The first-order valence-electron chi connectivity index (χ1n) is 8.21. The van der Waals surface area contributed by atoms with Crippen LogP contribution in [0.3, 0.4) is 0 Å². The quantitative estimate of drug-likeness (QED) is 0.315. The summed E-state index contributed by atoms with van der Waals surface area (Å²) >= 11 is 6.18. The van der Waals surface area contributed by atoms with Crippen LogP contribution in [0.5, 0.6) is 0 Å². The molecule has 0 aliphatic rings. The van der Waals surface area contributed by atoms with Crippen molar-refractivity contribution in [2.75, 3.05) is 5.32 Å². The Bertz CT molecular complexity index is 1050. The van der Waals surface area contributed by atoms with Crippen molar-refractivity contribution < 1.29 is 9.59 Å². The zero-order chi connectivity index (χ0) is 19.4. The first kappa shape index (κ1) is 18.5. The largest absolute Gasteiger partial charge is 0.329 e. The zero-order valence-corrected chi connectivity index (χ0v) is 15.5. The van der Waals surface area contributed by atoms with Crippen molar-refractivity contribution in [3.63, 3.8) is 0 Å². The third kappa shape index (κ3) is 4.48. The van der Waals surface area contributed by atoms with E-state index >= 15 is 0 Å². The lowest BCUT2D eigenvalue weighted by molar-refractivity contribution is -0.136. The van der Waals surface area contributed by atoms with Gasteiger partial charge >= 0.3 is 11.8 Å². The molecule has 0 saturated heterocycles. The Labute approximate surface area is 161 Å². The van der Waals surface area contributed by atoms with Crippen molar-refractivity contribution in [1.29, 1.82) is 0 Å². The fraction of sp³-hybridized carbons (Fsp3) is 0.100. The number of nitrogens with one attached hydrogen (secondary N) is 2. The van der Waals surface area contributed by atoms with E-state index in [1.807, 2.05) is 50.2 Å². The lowest BCUT2D eigenvalue weighted by atomic mass is 10.1. The number of nitrogens with zero attached hydrogens (tertiary/aromatic N) is 2. The van der Waals surface area contributed by atoms with Crippen LogP contribution < -0.4 is 10.7 Å². The second kappa shape index (κ2) is 7.97. The Morgan fingerprint density at radius 3 is 2.56 bits per heavy atom. The van der Waals surface area contributed by atoms with Gasteiger partial charge in [0.05, 0.1) is 11.7 Å². The Morgan fingerprint density at radius 1 is 1.07 bits per heavy atom. The molecule has 3 rings (SSSR count). The predicted molar refractivity (Wildman–Crippen MR) is 107 cm³/mol. The molecule has 0 fully saturated rings. The van der Waals surface area contributed by atoms with Gasteiger partial charge in [0.2, 0.25) is 0 Å². The van der Waals surface area contributed by atoms with Gasteiger partial charge in [0, 0.05) is 16.6 Å². The van der Waals surface area contributed by atoms with Gasteiger partial charge in [0.25, 0.3) is 0 Å². The molecule has 1 aromatic heterocycles. The van der Waals surface area contributed by atoms with E-state index in [0.717, 1.165) is 22.0 Å². The van der Waals surface area contributed by atoms with E-state index in [1.165, 1.54) is 6.21 Å². The molecule has 0 aliphatic heterocycles. The molecular formula is C20H17ClN4O2. The highest BCUT2D eigenvalue weighted by molar-refractivity contribution is 6.39. The van der Waals surface area contributed by atoms with Crippen LogP contribution in [0, 0.1) is 13.8 Å². The minimum Gasteiger partial charge on any atom is -0.318 e. The lowest BCUT2D eigenvalue weighted by Crippen LogP contribution is -2.32. The summed E-state index contributed by atoms with van der Waals surface area (Å²) in [6, 6.07) is 14.7. The van der Waals surface area contributed by atoms with E-state index in [0.29, 0.717) is 11.3 Å². The molecule has 0 spiro atoms. The molecule has 2 aromatic carbocycles. The summed E-state index contributed by atoms with van der Waals surface area (Å²) in [4.78, 5) is 28.1. The molecule has 0 bridgehead atoms. The maximum atomic E-state index is 11.9. The van der Waals surface area contributed by atoms with Gasteiger partial charge < -0.3 is 5.32 Å². The SMILES string of the molecule is Cc1ccc(NC(=O)C(=O)N/N=C\c2cc3cccc(C)c3nc2Cl)cc1. The number of rotatable bonds is 3. The fourth-order valence-corrected chi connectivity index (χ4v) is 2.66. The van der Waals surface area contributed by atoms with Crippen molar-refractivity contribution in [2.45, 2.75) is 13.8 Å². The molecule has 2 amide bonds. The number of aromatic nitrogens is 1. The summed E-state index contributed by atoms with van der Waals surface area (Å²) in [5, 5.41) is 7.46. The molecule has 6 nitrogen and oxygen atoms in total. The van der Waals surface area contributed by atoms with Gasteiger partial charge in [-0.25, -0.2) is 10.4 Å². The van der Waals surface area contributed by atoms with E-state index in [1.54, 1.807) is 12.1 Å². The number of aryl methyl sites for hydroxylation is 2. The van der Waals surface area contributed by atoms with Crippen molar-refractivity contribution in [3.8, 4) is 0 Å². The average molecular weight is 381 g/mol. The summed E-state index contributed by atoms with van der Waals surface area (Å²) in [5.74, 6) is -1.69. The number of hydrogen-bond donors (Lipinski definition) is 2. The molecule has 1 heterocycles. The molecule has 3 aromatic rings. The number of benzene rings is 2. The zero-order valence-electron chi connectivity index (χ0n) is 14.8. The average Bonchev–Trinajstić information content (AvgIpc) is 2.64. The maximum Gasteiger partial charge on any atom is 0.329 e. The third-order valence-corrected chi connectivity index (χ3v) is 4.22. The second-order valence-electron chi connectivity index (χ2n) is 6.03. The molecule has 7 heteroatoms. The van der Waals surface area contributed by atoms with Crippen LogP contribution in [0.25, 0.3) is 10.9 Å². The summed E-state index contributed by atoms with van der Waals surface area (Å²) in [7, 11) is 0. The monoisotopic (exact) mass is 380 g/mol. The first-order valence-corrected chi connectivity index (χ1v) is 8.59. The van der Waals surface area contributed by atoms with E-state index in [-0.39, 0.29) is 5.15 Å². The van der Waals surface area contributed by atoms with Crippen LogP contribution in [0.2, 0.25) is 5.15 Å². The summed E-state index contributed by atoms with van der Waals surface area (Å²) in [6.07, 6.45) is 1.36. The highest BCUT2D eigenvalue weighted by Gasteiger charge is 2.13. The van der Waals surface area contributed by atoms with E-state index in [9.17, 15) is 9.59 Å². The van der Waals surface area contributed by atoms with E-state index in [4.69, 9.17) is 11.6 Å². The standard InChI is InChI=1S/C20H17ClN4O2/c1-12-6-8-16(9-7-12)23-19(26)20(27)25-22-11-15-10-14-5-3-4-13(2)17(14)24-18(15)21/h3-11H,1-2H3,(H,23,26)(H,25,27)/b22-11-. The number of anilines is 1. The fourth-order valence-electron chi connectivity index (χ4n) is 2.47. The summed E-state index contributed by atoms with van der Waals surface area (Å²) in [5.41, 5.74) is 6.12. The Balaban J connectivity index is 1.67. The topological polar surface area (TPSA) is 83.5 Å². The van der Waals surface area contributed by atoms with Crippen LogP contribution in [0.15, 0.2) is 53.6 Å². The highest BCUT2D eigenvalue weighted by Crippen LogP contribution is 2.21. The Hall–Kier alpha value is -3.25. The van der Waals surface area contributed by atoms with E-state index < -0.39 is 11.8 Å². The molecule has 0 saturated carbocycles. The van der Waals surface area contributed by atoms with Gasteiger partial charge in [-0.15, -0.1) is 0 Å². The van der Waals surface area contributed by atoms with Crippen LogP contribution in [-0.4, -0.2) is 23.0 Å². The van der Waals surface area contributed by atoms with Gasteiger partial charge in [-0.05, 0) is 37.6 Å². The number of halogens is 1. The molecule has 0 radical (unpaired) electrons. The maximum absolute atomic E-state index is 11.9. The molecule has 0 aliphatic carbocycles. The second-order valence-corrected chi connectivity index (χ2v) is 6.39. The van der Waals surface area contributed by atoms with Crippen molar-refractivity contribution in [2.24, 2.45) is 5.10 Å². The smallest absolute Gasteiger partial charge is 0.318 e. The van der Waals surface area contributed by atoms with Crippen molar-refractivity contribution in [1.82, 2.24) is 10.4 Å². The highest BCUT2D eigenvalue weighted by atomic mass is 35.5. The minimum absolute atomic E-state index is 0.263. The number of pyridine rings is 1. The predicted octanol–water partition coefficient (Wildman–Crippen LogP) is 3.59. The number of hydrogen-bond acceptors (Lipinski definition) is 4. The molecule has 0 atom stereocenters. The van der Waals surface area contributed by atoms with Gasteiger partial charge in [0.15, 0.2) is 0 Å². The Morgan fingerprint density at radius 2 is 1.81 bits per heavy atom. The van der Waals surface area contributed by atoms with Gasteiger partial charge in [-0.3, -0.25) is 9.59 Å². The normalized spacial score (nSPS) is 10.9. The number of para-hydroxylation sites is 1. The van der Waals surface area contributed by atoms with Crippen LogP contribution >= 0.6 is 11.6 Å². The van der Waals surface area contributed by atoms with Gasteiger partial charge in [0.1, 0.15) is 5.15 Å². The van der Waals surface area contributed by atoms with Gasteiger partial charge in [-0.2, -0.15) is 5.10 Å².